The molecule has 0 atom stereocenters. The fraction of sp³-hybridized carbons (Fsp3) is 0.0238. The predicted molar refractivity (Wildman–Crippen MR) is 192 cm³/mol. The molecule has 0 saturated heterocycles. The van der Waals surface area contributed by atoms with Crippen molar-refractivity contribution in [2.45, 2.75) is 6.92 Å². The molecule has 0 fully saturated rings. The summed E-state index contributed by atoms with van der Waals surface area (Å²) < 4.78 is 5.16. The molecule has 210 valence electrons. The van der Waals surface area contributed by atoms with Crippen molar-refractivity contribution in [2.24, 2.45) is 0 Å². The van der Waals surface area contributed by atoms with Gasteiger partial charge in [0.2, 0.25) is 0 Å². The monoisotopic (exact) mass is 581 g/mol. The third-order valence-electron chi connectivity index (χ3n) is 10.7. The van der Waals surface area contributed by atoms with Gasteiger partial charge >= 0.3 is 6.85 Å². The summed E-state index contributed by atoms with van der Waals surface area (Å²) >= 11 is 0. The second-order valence-corrected chi connectivity index (χ2v) is 12.8. The Labute approximate surface area is 265 Å². The van der Waals surface area contributed by atoms with Crippen LogP contribution in [-0.4, -0.2) is 15.9 Å². The van der Waals surface area contributed by atoms with E-state index in [1.165, 1.54) is 93.3 Å². The van der Waals surface area contributed by atoms with E-state index in [4.69, 9.17) is 0 Å². The summed E-state index contributed by atoms with van der Waals surface area (Å²) in [4.78, 5) is 0. The van der Waals surface area contributed by atoms with Gasteiger partial charge in [-0.3, -0.25) is 0 Å². The van der Waals surface area contributed by atoms with Crippen molar-refractivity contribution < 1.29 is 0 Å². The first-order valence-electron chi connectivity index (χ1n) is 15.9. The van der Waals surface area contributed by atoms with E-state index >= 15 is 0 Å². The van der Waals surface area contributed by atoms with Crippen LogP contribution in [0.5, 0.6) is 0 Å². The van der Waals surface area contributed by atoms with Crippen LogP contribution in [0.2, 0.25) is 0 Å². The van der Waals surface area contributed by atoms with Crippen molar-refractivity contribution in [3.05, 3.63) is 139 Å². The van der Waals surface area contributed by atoms with E-state index in [0.717, 1.165) is 5.56 Å². The van der Waals surface area contributed by atoms with Gasteiger partial charge in [-0.1, -0.05) is 97.1 Å². The van der Waals surface area contributed by atoms with E-state index in [0.29, 0.717) is 5.56 Å². The van der Waals surface area contributed by atoms with E-state index in [1.807, 2.05) is 18.2 Å². The van der Waals surface area contributed by atoms with Crippen LogP contribution in [-0.2, 0) is 0 Å². The lowest BCUT2D eigenvalue weighted by Crippen LogP contribution is -2.55. The van der Waals surface area contributed by atoms with Crippen LogP contribution in [0.25, 0.3) is 82.3 Å². The summed E-state index contributed by atoms with van der Waals surface area (Å²) in [6.45, 7) is 2.29. The Kier molecular flexibility index (Phi) is 4.41. The van der Waals surface area contributed by atoms with E-state index in [9.17, 15) is 5.26 Å². The minimum absolute atomic E-state index is 0.0137. The van der Waals surface area contributed by atoms with Gasteiger partial charge in [-0.05, 0) is 81.2 Å². The number of hydrogen-bond acceptors (Lipinski definition) is 1. The third-order valence-corrected chi connectivity index (χ3v) is 10.7. The SMILES string of the molecule is Cc1c(-c2cccc(C#N)c2)cc2c3c1-c1cccc4c5c6ccccc6ccc5n(c14)B3c1cccc3c4ccccc4n-2c13. The first-order chi connectivity index (χ1) is 22.7. The third kappa shape index (κ3) is 2.76. The Balaban J connectivity index is 1.41. The fourth-order valence-corrected chi connectivity index (χ4v) is 8.93. The fourth-order valence-electron chi connectivity index (χ4n) is 8.93. The highest BCUT2D eigenvalue weighted by molar-refractivity contribution is 6.90. The van der Waals surface area contributed by atoms with Crippen LogP contribution >= 0.6 is 0 Å². The summed E-state index contributed by atoms with van der Waals surface area (Å²) in [6, 6.07) is 48.8. The molecule has 7 aromatic carbocycles. The molecule has 2 aliphatic heterocycles. The largest absolute Gasteiger partial charge is 0.375 e. The molecule has 2 aliphatic rings. The summed E-state index contributed by atoms with van der Waals surface area (Å²) in [7, 11) is 0. The van der Waals surface area contributed by atoms with Crippen molar-refractivity contribution in [3.63, 3.8) is 0 Å². The minimum atomic E-state index is 0.0137. The molecule has 0 bridgehead atoms. The molecule has 4 heterocycles. The molecule has 0 radical (unpaired) electrons. The summed E-state index contributed by atoms with van der Waals surface area (Å²) in [5.41, 5.74) is 15.7. The Bertz CT molecular complexity index is 2900. The van der Waals surface area contributed by atoms with Crippen molar-refractivity contribution in [3.8, 4) is 34.0 Å². The first-order valence-corrected chi connectivity index (χ1v) is 15.9. The number of benzene rings is 7. The van der Waals surface area contributed by atoms with Crippen LogP contribution in [0.1, 0.15) is 11.1 Å². The molecule has 0 spiro atoms. The number of para-hydroxylation sites is 3. The summed E-state index contributed by atoms with van der Waals surface area (Å²) in [6.07, 6.45) is 0. The molecule has 0 aliphatic carbocycles. The topological polar surface area (TPSA) is 33.6 Å². The highest BCUT2D eigenvalue weighted by atomic mass is 15.0. The number of hydrogen-bond donors (Lipinski definition) is 0. The molecule has 0 saturated carbocycles. The Hall–Kier alpha value is -6.05. The van der Waals surface area contributed by atoms with Gasteiger partial charge in [-0.2, -0.15) is 5.26 Å². The van der Waals surface area contributed by atoms with Crippen molar-refractivity contribution in [1.82, 2.24) is 9.05 Å². The van der Waals surface area contributed by atoms with Gasteiger partial charge in [-0.25, -0.2) is 0 Å². The van der Waals surface area contributed by atoms with E-state index in [-0.39, 0.29) is 6.85 Å². The molecule has 0 unspecified atom stereocenters. The second-order valence-electron chi connectivity index (χ2n) is 12.8. The molecule has 11 rings (SSSR count). The standard InChI is InChI=1S/C42H24BN3/c1-24-33(27-11-6-9-25(21-27)23-44)22-37-40-38(24)31-15-7-16-32-39-28-12-3-2-10-26(28)19-20-36(39)46(41(31)32)43(40)34-17-8-14-30-29-13-4-5-18-35(29)45(37)42(30)34/h2-22H,1H3. The van der Waals surface area contributed by atoms with E-state index in [1.54, 1.807) is 0 Å². The second kappa shape index (κ2) is 8.36. The van der Waals surface area contributed by atoms with Gasteiger partial charge in [0.15, 0.2) is 0 Å². The molecule has 0 amide bonds. The molecule has 2 aromatic heterocycles. The molecule has 9 aromatic rings. The molecule has 4 heteroatoms. The average Bonchev–Trinajstić information content (AvgIpc) is 3.63. The smallest absolute Gasteiger partial charge is 0.333 e. The van der Waals surface area contributed by atoms with Crippen molar-refractivity contribution >= 4 is 72.2 Å². The van der Waals surface area contributed by atoms with Crippen LogP contribution in [0.4, 0.5) is 0 Å². The van der Waals surface area contributed by atoms with Gasteiger partial charge in [0.25, 0.3) is 0 Å². The molecule has 46 heavy (non-hydrogen) atoms. The maximum atomic E-state index is 9.81. The lowest BCUT2D eigenvalue weighted by molar-refractivity contribution is 1.17. The first kappa shape index (κ1) is 24.3. The zero-order valence-electron chi connectivity index (χ0n) is 25.0. The number of fused-ring (bicyclic) bond motifs is 12. The molecular formula is C42H24BN3. The number of nitriles is 1. The van der Waals surface area contributed by atoms with Crippen molar-refractivity contribution in [2.75, 3.05) is 0 Å². The maximum Gasteiger partial charge on any atom is 0.333 e. The summed E-state index contributed by atoms with van der Waals surface area (Å²) in [5, 5.41) is 17.5. The van der Waals surface area contributed by atoms with Crippen molar-refractivity contribution in [1.29, 1.82) is 5.26 Å². The van der Waals surface area contributed by atoms with Gasteiger partial charge in [0.1, 0.15) is 0 Å². The lowest BCUT2D eigenvalue weighted by atomic mass is 9.45. The lowest BCUT2D eigenvalue weighted by Gasteiger charge is -2.35. The van der Waals surface area contributed by atoms with Gasteiger partial charge < -0.3 is 9.05 Å². The quantitative estimate of drug-likeness (QED) is 0.178. The number of aromatic nitrogens is 2. The zero-order valence-corrected chi connectivity index (χ0v) is 25.0. The number of rotatable bonds is 1. The van der Waals surface area contributed by atoms with Crippen LogP contribution in [0.3, 0.4) is 0 Å². The number of nitrogens with zero attached hydrogens (tertiary/aromatic N) is 3. The molecule has 3 nitrogen and oxygen atoms in total. The van der Waals surface area contributed by atoms with Crippen LogP contribution < -0.4 is 10.9 Å². The highest BCUT2D eigenvalue weighted by Crippen LogP contribution is 2.47. The summed E-state index contributed by atoms with van der Waals surface area (Å²) in [5.74, 6) is 0. The maximum absolute atomic E-state index is 9.81. The molecular weight excluding hydrogens is 557 g/mol. The van der Waals surface area contributed by atoms with E-state index < -0.39 is 0 Å². The normalized spacial score (nSPS) is 12.8. The van der Waals surface area contributed by atoms with Gasteiger partial charge in [-0.15, -0.1) is 0 Å². The van der Waals surface area contributed by atoms with Gasteiger partial charge in [0.05, 0.1) is 22.7 Å². The Morgan fingerprint density at radius 2 is 1.41 bits per heavy atom. The van der Waals surface area contributed by atoms with Crippen LogP contribution in [0.15, 0.2) is 127 Å². The Morgan fingerprint density at radius 3 is 2.33 bits per heavy atom. The van der Waals surface area contributed by atoms with E-state index in [2.05, 4.69) is 131 Å². The predicted octanol–water partition coefficient (Wildman–Crippen LogP) is 8.84. The molecule has 0 N–H and O–H groups in total. The average molecular weight is 581 g/mol. The zero-order chi connectivity index (χ0) is 30.3. The Morgan fingerprint density at radius 1 is 0.630 bits per heavy atom. The minimum Gasteiger partial charge on any atom is -0.375 e. The van der Waals surface area contributed by atoms with Crippen LogP contribution in [0, 0.1) is 18.3 Å². The van der Waals surface area contributed by atoms with Gasteiger partial charge in [0, 0.05) is 43.8 Å². The highest BCUT2D eigenvalue weighted by Gasteiger charge is 2.42.